The molecule has 0 spiro atoms. The number of ether oxygens (including phenoxy) is 1. The maximum absolute atomic E-state index is 12.8. The molecular formula is C23H32N2O3. The molecule has 3 rings (SSSR count). The van der Waals surface area contributed by atoms with Crippen molar-refractivity contribution < 1.29 is 13.9 Å². The lowest BCUT2D eigenvalue weighted by molar-refractivity contribution is 0.0662. The zero-order valence-corrected chi connectivity index (χ0v) is 17.3. The van der Waals surface area contributed by atoms with Gasteiger partial charge in [-0.3, -0.25) is 9.69 Å². The van der Waals surface area contributed by atoms with Crippen LogP contribution in [0.2, 0.25) is 0 Å². The van der Waals surface area contributed by atoms with Crippen LogP contribution in [0.3, 0.4) is 0 Å². The number of nitrogens with zero attached hydrogens (tertiary/aromatic N) is 2. The van der Waals surface area contributed by atoms with Gasteiger partial charge in [0.2, 0.25) is 0 Å². The predicted octanol–water partition coefficient (Wildman–Crippen LogP) is 4.30. The van der Waals surface area contributed by atoms with Crippen LogP contribution in [0.1, 0.15) is 42.6 Å². The number of likely N-dealkylation sites (tertiary alicyclic amines) is 1. The number of methoxy groups -OCH3 is 1. The van der Waals surface area contributed by atoms with Crippen molar-refractivity contribution in [3.05, 3.63) is 54.0 Å². The molecule has 5 nitrogen and oxygen atoms in total. The van der Waals surface area contributed by atoms with Gasteiger partial charge in [-0.2, -0.15) is 0 Å². The third-order valence-electron chi connectivity index (χ3n) is 5.41. The molecule has 1 aromatic carbocycles. The van der Waals surface area contributed by atoms with Gasteiger partial charge >= 0.3 is 0 Å². The van der Waals surface area contributed by atoms with Gasteiger partial charge in [-0.05, 0) is 49.9 Å². The van der Waals surface area contributed by atoms with Crippen LogP contribution >= 0.6 is 0 Å². The Kier molecular flexibility index (Phi) is 7.15. The van der Waals surface area contributed by atoms with E-state index in [9.17, 15) is 4.79 Å². The first kappa shape index (κ1) is 20.5. The summed E-state index contributed by atoms with van der Waals surface area (Å²) >= 11 is 0. The maximum atomic E-state index is 12.8. The summed E-state index contributed by atoms with van der Waals surface area (Å²) in [5.41, 5.74) is 1.88. The zero-order valence-electron chi connectivity index (χ0n) is 17.3. The van der Waals surface area contributed by atoms with Crippen molar-refractivity contribution in [2.24, 2.45) is 11.8 Å². The molecule has 0 atom stereocenters. The smallest absolute Gasteiger partial charge is 0.257 e. The molecule has 28 heavy (non-hydrogen) atoms. The lowest BCUT2D eigenvalue weighted by atomic mass is 9.95. The number of para-hydroxylation sites is 1. The molecule has 2 heterocycles. The molecule has 1 aliphatic rings. The van der Waals surface area contributed by atoms with Gasteiger partial charge in [-0.1, -0.05) is 32.0 Å². The average molecular weight is 385 g/mol. The van der Waals surface area contributed by atoms with Crippen LogP contribution in [-0.2, 0) is 6.54 Å². The van der Waals surface area contributed by atoms with Crippen LogP contribution in [0.25, 0.3) is 0 Å². The van der Waals surface area contributed by atoms with Crippen molar-refractivity contribution in [1.29, 1.82) is 0 Å². The van der Waals surface area contributed by atoms with E-state index >= 15 is 0 Å². The predicted molar refractivity (Wildman–Crippen MR) is 110 cm³/mol. The van der Waals surface area contributed by atoms with E-state index in [0.29, 0.717) is 17.4 Å². The molecule has 1 aromatic heterocycles. The zero-order chi connectivity index (χ0) is 19.9. The maximum Gasteiger partial charge on any atom is 0.257 e. The molecule has 0 saturated carbocycles. The molecule has 0 aliphatic carbocycles. The second kappa shape index (κ2) is 9.78. The second-order valence-corrected chi connectivity index (χ2v) is 8.15. The SMILES string of the molecule is COc1ccccc1CN1CCC(CN(CC(C)C)C(=O)c2ccoc2)CC1. The Morgan fingerprint density at radius 1 is 1.25 bits per heavy atom. The molecule has 0 radical (unpaired) electrons. The molecule has 1 saturated heterocycles. The molecule has 1 fully saturated rings. The minimum Gasteiger partial charge on any atom is -0.496 e. The van der Waals surface area contributed by atoms with Crippen molar-refractivity contribution in [3.8, 4) is 5.75 Å². The first-order chi connectivity index (χ1) is 13.6. The Labute approximate surface area is 168 Å². The average Bonchev–Trinajstić information content (AvgIpc) is 3.23. The van der Waals surface area contributed by atoms with Gasteiger partial charge in [0.15, 0.2) is 0 Å². The summed E-state index contributed by atoms with van der Waals surface area (Å²) in [6.07, 6.45) is 5.34. The molecule has 0 unspecified atom stereocenters. The second-order valence-electron chi connectivity index (χ2n) is 8.15. The molecule has 0 bridgehead atoms. The van der Waals surface area contributed by atoms with Crippen molar-refractivity contribution in [3.63, 3.8) is 0 Å². The number of carbonyl (C=O) groups excluding carboxylic acids is 1. The summed E-state index contributed by atoms with van der Waals surface area (Å²) in [6, 6.07) is 9.99. The van der Waals surface area contributed by atoms with Crippen molar-refractivity contribution in [2.45, 2.75) is 33.2 Å². The van der Waals surface area contributed by atoms with Crippen molar-refractivity contribution >= 4 is 5.91 Å². The fraction of sp³-hybridized carbons (Fsp3) is 0.522. The number of benzene rings is 1. The summed E-state index contributed by atoms with van der Waals surface area (Å²) in [4.78, 5) is 17.3. The number of amides is 1. The van der Waals surface area contributed by atoms with Crippen LogP contribution in [-0.4, -0.2) is 49.0 Å². The monoisotopic (exact) mass is 384 g/mol. The quantitative estimate of drug-likeness (QED) is 0.681. The Morgan fingerprint density at radius 2 is 2.00 bits per heavy atom. The highest BCUT2D eigenvalue weighted by molar-refractivity contribution is 5.93. The molecule has 2 aromatic rings. The number of piperidine rings is 1. The summed E-state index contributed by atoms with van der Waals surface area (Å²) in [5, 5.41) is 0. The Morgan fingerprint density at radius 3 is 2.64 bits per heavy atom. The van der Waals surface area contributed by atoms with Gasteiger partial charge in [0.25, 0.3) is 5.91 Å². The van der Waals surface area contributed by atoms with E-state index in [1.807, 2.05) is 17.0 Å². The van der Waals surface area contributed by atoms with Gasteiger partial charge in [-0.25, -0.2) is 0 Å². The van der Waals surface area contributed by atoms with Gasteiger partial charge in [0.1, 0.15) is 12.0 Å². The van der Waals surface area contributed by atoms with Crippen LogP contribution in [0.5, 0.6) is 5.75 Å². The lowest BCUT2D eigenvalue weighted by Gasteiger charge is -2.35. The van der Waals surface area contributed by atoms with Crippen LogP contribution in [0.4, 0.5) is 0 Å². The summed E-state index contributed by atoms with van der Waals surface area (Å²) in [6.45, 7) is 8.95. The van der Waals surface area contributed by atoms with Crippen LogP contribution in [0.15, 0.2) is 47.3 Å². The van der Waals surface area contributed by atoms with Gasteiger partial charge in [0, 0.05) is 25.2 Å². The van der Waals surface area contributed by atoms with Crippen molar-refractivity contribution in [2.75, 3.05) is 33.3 Å². The summed E-state index contributed by atoms with van der Waals surface area (Å²) < 4.78 is 10.6. The largest absolute Gasteiger partial charge is 0.496 e. The fourth-order valence-corrected chi connectivity index (χ4v) is 3.96. The molecule has 1 amide bonds. The first-order valence-corrected chi connectivity index (χ1v) is 10.2. The topological polar surface area (TPSA) is 45.9 Å². The Hall–Kier alpha value is -2.27. The molecular weight excluding hydrogens is 352 g/mol. The number of hydrogen-bond acceptors (Lipinski definition) is 4. The molecule has 152 valence electrons. The minimum atomic E-state index is 0.0823. The lowest BCUT2D eigenvalue weighted by Crippen LogP contribution is -2.42. The first-order valence-electron chi connectivity index (χ1n) is 10.2. The number of furan rings is 1. The van der Waals surface area contributed by atoms with Gasteiger partial charge in [-0.15, -0.1) is 0 Å². The summed E-state index contributed by atoms with van der Waals surface area (Å²) in [5.74, 6) is 2.03. The number of carbonyl (C=O) groups is 1. The van der Waals surface area contributed by atoms with Crippen LogP contribution < -0.4 is 4.74 Å². The molecule has 1 aliphatic heterocycles. The van der Waals surface area contributed by atoms with Gasteiger partial charge < -0.3 is 14.1 Å². The standard InChI is InChI=1S/C23H32N2O3/c1-18(2)14-25(23(26)21-10-13-28-17-21)15-19-8-11-24(12-9-19)16-20-6-4-5-7-22(20)27-3/h4-7,10,13,17-19H,8-9,11-12,14-16H2,1-3H3. The van der Waals surface area contributed by atoms with E-state index in [4.69, 9.17) is 9.15 Å². The van der Waals surface area contributed by atoms with E-state index < -0.39 is 0 Å². The summed E-state index contributed by atoms with van der Waals surface area (Å²) in [7, 11) is 1.73. The molecule has 5 heteroatoms. The van der Waals surface area contributed by atoms with E-state index in [-0.39, 0.29) is 5.91 Å². The Balaban J connectivity index is 1.55. The normalized spacial score (nSPS) is 15.7. The van der Waals surface area contributed by atoms with Gasteiger partial charge in [0.05, 0.1) is 18.9 Å². The van der Waals surface area contributed by atoms with E-state index in [1.165, 1.54) is 5.56 Å². The highest BCUT2D eigenvalue weighted by Crippen LogP contribution is 2.24. The fourth-order valence-electron chi connectivity index (χ4n) is 3.96. The minimum absolute atomic E-state index is 0.0823. The van der Waals surface area contributed by atoms with Crippen LogP contribution in [0, 0.1) is 11.8 Å². The Bertz CT molecular complexity index is 734. The third kappa shape index (κ3) is 5.38. The highest BCUT2D eigenvalue weighted by atomic mass is 16.5. The van der Waals surface area contributed by atoms with E-state index in [1.54, 1.807) is 25.7 Å². The van der Waals surface area contributed by atoms with E-state index in [2.05, 4.69) is 30.9 Å². The third-order valence-corrected chi connectivity index (χ3v) is 5.41. The van der Waals surface area contributed by atoms with Crippen molar-refractivity contribution in [1.82, 2.24) is 9.80 Å². The van der Waals surface area contributed by atoms with E-state index in [0.717, 1.165) is 51.3 Å². The highest BCUT2D eigenvalue weighted by Gasteiger charge is 2.25. The number of rotatable bonds is 8. The molecule has 0 N–H and O–H groups in total. The number of hydrogen-bond donors (Lipinski definition) is 0.